The molecule has 2 aromatic heterocycles. The number of fused-ring (bicyclic) bond motifs is 1. The van der Waals surface area contributed by atoms with Crippen LogP contribution in [0.5, 0.6) is 0 Å². The molecule has 21 heavy (non-hydrogen) atoms. The van der Waals surface area contributed by atoms with Crippen molar-refractivity contribution in [2.45, 2.75) is 13.3 Å². The van der Waals surface area contributed by atoms with Crippen molar-refractivity contribution in [1.82, 2.24) is 9.97 Å². The van der Waals surface area contributed by atoms with Gasteiger partial charge in [-0.3, -0.25) is 4.79 Å². The third-order valence-corrected chi connectivity index (χ3v) is 3.28. The summed E-state index contributed by atoms with van der Waals surface area (Å²) in [5.74, 6) is -2.59. The molecule has 0 radical (unpaired) electrons. The fourth-order valence-corrected chi connectivity index (χ4v) is 2.29. The topological polar surface area (TPSA) is 45.8 Å². The highest BCUT2D eigenvalue weighted by Gasteiger charge is 2.15. The van der Waals surface area contributed by atoms with Crippen molar-refractivity contribution in [2.24, 2.45) is 0 Å². The van der Waals surface area contributed by atoms with Gasteiger partial charge in [0, 0.05) is 23.7 Å². The Morgan fingerprint density at radius 1 is 1.29 bits per heavy atom. The number of benzene rings is 1. The fraction of sp³-hybridized carbons (Fsp3) is 0.125. The van der Waals surface area contributed by atoms with Gasteiger partial charge < -0.3 is 4.98 Å². The first kappa shape index (κ1) is 13.4. The molecule has 1 aromatic carbocycles. The number of pyridine rings is 1. The van der Waals surface area contributed by atoms with Crippen LogP contribution in [-0.2, 0) is 6.42 Å². The molecule has 0 bridgehead atoms. The van der Waals surface area contributed by atoms with E-state index in [4.69, 9.17) is 0 Å². The molecular formula is C16H12F2N2O. The second-order valence-electron chi connectivity index (χ2n) is 4.94. The van der Waals surface area contributed by atoms with Gasteiger partial charge in [0.05, 0.1) is 5.56 Å². The molecule has 0 aliphatic carbocycles. The number of rotatable bonds is 3. The van der Waals surface area contributed by atoms with E-state index in [1.807, 2.05) is 19.1 Å². The number of nitrogens with zero attached hydrogens (tertiary/aromatic N) is 1. The summed E-state index contributed by atoms with van der Waals surface area (Å²) < 4.78 is 26.7. The SMILES string of the molecule is Cc1cc2cc(CC(=O)c3cccc(F)c3F)cnc2[nH]1. The second-order valence-corrected chi connectivity index (χ2v) is 4.94. The van der Waals surface area contributed by atoms with Crippen LogP contribution in [0.4, 0.5) is 8.78 Å². The highest BCUT2D eigenvalue weighted by atomic mass is 19.2. The van der Waals surface area contributed by atoms with Crippen LogP contribution in [-0.4, -0.2) is 15.8 Å². The standard InChI is InChI=1S/C16H12F2N2O/c1-9-5-11-6-10(8-19-16(11)20-9)7-14(21)12-3-2-4-13(17)15(12)18/h2-6,8H,7H2,1H3,(H,19,20). The Kier molecular flexibility index (Phi) is 3.25. The van der Waals surface area contributed by atoms with Crippen LogP contribution in [0.3, 0.4) is 0 Å². The van der Waals surface area contributed by atoms with E-state index >= 15 is 0 Å². The van der Waals surface area contributed by atoms with Gasteiger partial charge in [-0.25, -0.2) is 13.8 Å². The Labute approximate surface area is 119 Å². The van der Waals surface area contributed by atoms with Gasteiger partial charge in [0.15, 0.2) is 17.4 Å². The second kappa shape index (κ2) is 5.09. The van der Waals surface area contributed by atoms with Crippen LogP contribution >= 0.6 is 0 Å². The van der Waals surface area contributed by atoms with E-state index in [1.165, 1.54) is 12.1 Å². The summed E-state index contributed by atoms with van der Waals surface area (Å²) in [6.07, 6.45) is 1.54. The van der Waals surface area contributed by atoms with Crippen LogP contribution < -0.4 is 0 Å². The van der Waals surface area contributed by atoms with Crippen molar-refractivity contribution in [3.63, 3.8) is 0 Å². The maximum absolute atomic E-state index is 13.6. The number of hydrogen-bond donors (Lipinski definition) is 1. The molecule has 0 aliphatic heterocycles. The van der Waals surface area contributed by atoms with E-state index in [0.717, 1.165) is 22.8 Å². The summed E-state index contributed by atoms with van der Waals surface area (Å²) in [5, 5.41) is 0.887. The van der Waals surface area contributed by atoms with Crippen molar-refractivity contribution in [3.8, 4) is 0 Å². The third-order valence-electron chi connectivity index (χ3n) is 3.28. The minimum atomic E-state index is -1.10. The third kappa shape index (κ3) is 2.54. The number of carbonyl (C=O) groups is 1. The largest absolute Gasteiger partial charge is 0.344 e. The lowest BCUT2D eigenvalue weighted by Gasteiger charge is -2.03. The number of halogens is 2. The Morgan fingerprint density at radius 2 is 2.10 bits per heavy atom. The molecule has 0 saturated heterocycles. The summed E-state index contributed by atoms with van der Waals surface area (Å²) >= 11 is 0. The minimum absolute atomic E-state index is 0.0203. The van der Waals surface area contributed by atoms with E-state index in [1.54, 1.807) is 6.20 Å². The van der Waals surface area contributed by atoms with E-state index in [0.29, 0.717) is 5.56 Å². The quantitative estimate of drug-likeness (QED) is 0.748. The van der Waals surface area contributed by atoms with Gasteiger partial charge in [-0.15, -0.1) is 0 Å². The number of carbonyl (C=O) groups excluding carboxylic acids is 1. The Balaban J connectivity index is 1.90. The maximum atomic E-state index is 13.6. The molecule has 0 unspecified atom stereocenters. The van der Waals surface area contributed by atoms with E-state index in [-0.39, 0.29) is 12.0 Å². The Bertz CT molecular complexity index is 839. The fourth-order valence-electron chi connectivity index (χ4n) is 2.29. The molecule has 0 saturated carbocycles. The first-order valence-corrected chi connectivity index (χ1v) is 6.46. The van der Waals surface area contributed by atoms with E-state index in [9.17, 15) is 13.6 Å². The normalized spacial score (nSPS) is 11.0. The molecule has 5 heteroatoms. The molecule has 0 spiro atoms. The molecule has 2 heterocycles. The lowest BCUT2D eigenvalue weighted by molar-refractivity contribution is 0.0988. The molecule has 0 amide bonds. The lowest BCUT2D eigenvalue weighted by Crippen LogP contribution is -2.07. The summed E-state index contributed by atoms with van der Waals surface area (Å²) in [4.78, 5) is 19.4. The van der Waals surface area contributed by atoms with Crippen LogP contribution in [0.1, 0.15) is 21.6 Å². The van der Waals surface area contributed by atoms with Crippen molar-refractivity contribution in [1.29, 1.82) is 0 Å². The lowest BCUT2D eigenvalue weighted by atomic mass is 10.0. The highest BCUT2D eigenvalue weighted by Crippen LogP contribution is 2.17. The molecule has 3 rings (SSSR count). The zero-order valence-electron chi connectivity index (χ0n) is 11.3. The molecule has 0 fully saturated rings. The first-order chi connectivity index (χ1) is 10.0. The van der Waals surface area contributed by atoms with Gasteiger partial charge in [0.2, 0.25) is 0 Å². The molecule has 3 nitrogen and oxygen atoms in total. The van der Waals surface area contributed by atoms with Crippen molar-refractivity contribution in [2.75, 3.05) is 0 Å². The van der Waals surface area contributed by atoms with Crippen LogP contribution in [0, 0.1) is 18.6 Å². The molecule has 0 atom stereocenters. The smallest absolute Gasteiger partial charge is 0.170 e. The van der Waals surface area contributed by atoms with E-state index in [2.05, 4.69) is 9.97 Å². The van der Waals surface area contributed by atoms with Gasteiger partial charge in [0.25, 0.3) is 0 Å². The number of aryl methyl sites for hydroxylation is 1. The number of ketones is 1. The van der Waals surface area contributed by atoms with E-state index < -0.39 is 17.4 Å². The predicted molar refractivity (Wildman–Crippen MR) is 75.2 cm³/mol. The predicted octanol–water partition coefficient (Wildman–Crippen LogP) is 3.57. The molecule has 0 aliphatic rings. The van der Waals surface area contributed by atoms with Crippen LogP contribution in [0.15, 0.2) is 36.5 Å². The molecule has 1 N–H and O–H groups in total. The van der Waals surface area contributed by atoms with Crippen molar-refractivity contribution < 1.29 is 13.6 Å². The number of aromatic amines is 1. The van der Waals surface area contributed by atoms with Gasteiger partial charge in [-0.1, -0.05) is 6.07 Å². The molecule has 106 valence electrons. The van der Waals surface area contributed by atoms with Gasteiger partial charge >= 0.3 is 0 Å². The summed E-state index contributed by atoms with van der Waals surface area (Å²) in [7, 11) is 0. The zero-order valence-corrected chi connectivity index (χ0v) is 11.3. The van der Waals surface area contributed by atoms with Gasteiger partial charge in [-0.2, -0.15) is 0 Å². The number of Topliss-reactive ketones (excluding diaryl/α,β-unsaturated/α-hetero) is 1. The summed E-state index contributed by atoms with van der Waals surface area (Å²) in [6, 6.07) is 7.33. The van der Waals surface area contributed by atoms with Crippen molar-refractivity contribution >= 4 is 16.8 Å². The molecular weight excluding hydrogens is 274 g/mol. The average molecular weight is 286 g/mol. The Hall–Kier alpha value is -2.56. The van der Waals surface area contributed by atoms with Gasteiger partial charge in [0.1, 0.15) is 5.65 Å². The number of nitrogens with one attached hydrogen (secondary N) is 1. The Morgan fingerprint density at radius 3 is 2.90 bits per heavy atom. The van der Waals surface area contributed by atoms with Crippen molar-refractivity contribution in [3.05, 3.63) is 65.0 Å². The van der Waals surface area contributed by atoms with Crippen LogP contribution in [0.2, 0.25) is 0 Å². The zero-order chi connectivity index (χ0) is 15.0. The van der Waals surface area contributed by atoms with Gasteiger partial charge in [-0.05, 0) is 36.8 Å². The number of hydrogen-bond acceptors (Lipinski definition) is 2. The summed E-state index contributed by atoms with van der Waals surface area (Å²) in [6.45, 7) is 1.91. The highest BCUT2D eigenvalue weighted by molar-refractivity contribution is 5.98. The average Bonchev–Trinajstić information content (AvgIpc) is 2.81. The maximum Gasteiger partial charge on any atom is 0.170 e. The monoisotopic (exact) mass is 286 g/mol. The molecule has 3 aromatic rings. The summed E-state index contributed by atoms with van der Waals surface area (Å²) in [5.41, 5.74) is 2.13. The minimum Gasteiger partial charge on any atom is -0.344 e. The number of aromatic nitrogens is 2. The number of H-pyrrole nitrogens is 1. The first-order valence-electron chi connectivity index (χ1n) is 6.46. The van der Waals surface area contributed by atoms with Crippen LogP contribution in [0.25, 0.3) is 11.0 Å².